The topological polar surface area (TPSA) is 91.3 Å². The molecule has 2 aromatic rings. The number of rotatable bonds is 10. The summed E-state index contributed by atoms with van der Waals surface area (Å²) in [6.07, 6.45) is 0. The van der Waals surface area contributed by atoms with Crippen molar-refractivity contribution in [1.82, 2.24) is 0 Å². The van der Waals surface area contributed by atoms with E-state index in [1.54, 1.807) is 39.2 Å². The minimum Gasteiger partial charge on any atom is -0.497 e. The summed E-state index contributed by atoms with van der Waals surface area (Å²) in [5, 5.41) is 9.47. The van der Waals surface area contributed by atoms with Crippen LogP contribution in [0.5, 0.6) is 17.2 Å². The lowest BCUT2D eigenvalue weighted by Crippen LogP contribution is -2.30. The molecule has 0 saturated carbocycles. The van der Waals surface area contributed by atoms with E-state index in [-0.39, 0.29) is 6.61 Å². The largest absolute Gasteiger partial charge is 0.497 e. The number of methoxy groups -OCH3 is 2. The first kappa shape index (κ1) is 22.1. The molecule has 0 spiro atoms. The van der Waals surface area contributed by atoms with Crippen LogP contribution in [0.4, 0.5) is 0 Å². The van der Waals surface area contributed by atoms with E-state index in [2.05, 4.69) is 0 Å². The summed E-state index contributed by atoms with van der Waals surface area (Å²) in [4.78, 5) is 23.6. The van der Waals surface area contributed by atoms with Crippen LogP contribution in [0.3, 0.4) is 0 Å². The molecule has 0 aliphatic rings. The lowest BCUT2D eigenvalue weighted by atomic mass is 9.87. The van der Waals surface area contributed by atoms with Gasteiger partial charge in [0, 0.05) is 5.92 Å². The standard InChI is InChI=1S/C22H26O7/c1-5-28-22(25)20(21(23)24)14(2)16-8-11-18(19(12-16)27-4)29-13-15-6-9-17(26-3)10-7-15/h6-12,14,20H,5,13H2,1-4H3,(H,23,24). The first-order chi connectivity index (χ1) is 13.9. The molecular formula is C22H26O7. The highest BCUT2D eigenvalue weighted by Gasteiger charge is 2.34. The van der Waals surface area contributed by atoms with Gasteiger partial charge in [-0.05, 0) is 42.3 Å². The second-order valence-electron chi connectivity index (χ2n) is 6.40. The average molecular weight is 402 g/mol. The Balaban J connectivity index is 2.17. The Morgan fingerprint density at radius 3 is 2.24 bits per heavy atom. The van der Waals surface area contributed by atoms with Gasteiger partial charge in [-0.3, -0.25) is 9.59 Å². The van der Waals surface area contributed by atoms with E-state index in [0.29, 0.717) is 23.7 Å². The van der Waals surface area contributed by atoms with Crippen LogP contribution in [0.2, 0.25) is 0 Å². The van der Waals surface area contributed by atoms with Crippen LogP contribution in [-0.2, 0) is 20.9 Å². The number of carbonyl (C=O) groups is 2. The quantitative estimate of drug-likeness (QED) is 0.479. The Morgan fingerprint density at radius 1 is 1.00 bits per heavy atom. The number of esters is 1. The van der Waals surface area contributed by atoms with E-state index in [4.69, 9.17) is 18.9 Å². The van der Waals surface area contributed by atoms with Crippen molar-refractivity contribution < 1.29 is 33.6 Å². The maximum absolute atomic E-state index is 12.1. The van der Waals surface area contributed by atoms with Gasteiger partial charge in [0.15, 0.2) is 17.4 Å². The Morgan fingerprint density at radius 2 is 1.69 bits per heavy atom. The van der Waals surface area contributed by atoms with Gasteiger partial charge >= 0.3 is 11.9 Å². The van der Waals surface area contributed by atoms with Crippen molar-refractivity contribution in [2.24, 2.45) is 5.92 Å². The number of hydrogen-bond acceptors (Lipinski definition) is 6. The zero-order valence-corrected chi connectivity index (χ0v) is 17.0. The Bertz CT molecular complexity index is 830. The Hall–Kier alpha value is -3.22. The molecule has 0 fully saturated rings. The monoisotopic (exact) mass is 402 g/mol. The predicted octanol–water partition coefficient (Wildman–Crippen LogP) is 3.65. The zero-order chi connectivity index (χ0) is 21.4. The van der Waals surface area contributed by atoms with Crippen LogP contribution in [0.1, 0.15) is 30.9 Å². The second kappa shape index (κ2) is 10.4. The fourth-order valence-corrected chi connectivity index (χ4v) is 2.91. The first-order valence-electron chi connectivity index (χ1n) is 9.24. The number of hydrogen-bond donors (Lipinski definition) is 1. The smallest absolute Gasteiger partial charge is 0.320 e. The number of benzene rings is 2. The van der Waals surface area contributed by atoms with Crippen molar-refractivity contribution in [1.29, 1.82) is 0 Å². The Kier molecular flexibility index (Phi) is 7.88. The molecule has 0 aromatic heterocycles. The van der Waals surface area contributed by atoms with Gasteiger partial charge in [-0.1, -0.05) is 25.1 Å². The van der Waals surface area contributed by atoms with Gasteiger partial charge in [-0.25, -0.2) is 0 Å². The molecule has 29 heavy (non-hydrogen) atoms. The first-order valence-corrected chi connectivity index (χ1v) is 9.24. The average Bonchev–Trinajstić information content (AvgIpc) is 2.72. The lowest BCUT2D eigenvalue weighted by Gasteiger charge is -2.20. The van der Waals surface area contributed by atoms with Crippen LogP contribution in [0, 0.1) is 5.92 Å². The molecule has 0 heterocycles. The van der Waals surface area contributed by atoms with Crippen LogP contribution in [0.25, 0.3) is 0 Å². The van der Waals surface area contributed by atoms with Crippen molar-refractivity contribution >= 4 is 11.9 Å². The number of carboxylic acid groups (broad SMARTS) is 1. The molecule has 0 saturated heterocycles. The SMILES string of the molecule is CCOC(=O)C(C(=O)O)C(C)c1ccc(OCc2ccc(OC)cc2)c(OC)c1. The third-order valence-electron chi connectivity index (χ3n) is 4.57. The molecule has 0 aliphatic carbocycles. The van der Waals surface area contributed by atoms with E-state index in [0.717, 1.165) is 11.3 Å². The third-order valence-corrected chi connectivity index (χ3v) is 4.57. The summed E-state index contributed by atoms with van der Waals surface area (Å²) in [7, 11) is 3.11. The summed E-state index contributed by atoms with van der Waals surface area (Å²) in [5.74, 6) is -2.15. The summed E-state index contributed by atoms with van der Waals surface area (Å²) < 4.78 is 21.3. The maximum Gasteiger partial charge on any atom is 0.320 e. The van der Waals surface area contributed by atoms with E-state index in [1.165, 1.54) is 7.11 Å². The molecule has 0 bridgehead atoms. The van der Waals surface area contributed by atoms with Crippen LogP contribution in [-0.4, -0.2) is 37.9 Å². The van der Waals surface area contributed by atoms with Crippen molar-refractivity contribution in [2.45, 2.75) is 26.4 Å². The fourth-order valence-electron chi connectivity index (χ4n) is 2.91. The van der Waals surface area contributed by atoms with E-state index in [9.17, 15) is 14.7 Å². The lowest BCUT2D eigenvalue weighted by molar-refractivity contribution is -0.159. The molecule has 1 N–H and O–H groups in total. The normalized spacial score (nSPS) is 12.6. The highest BCUT2D eigenvalue weighted by molar-refractivity contribution is 5.95. The van der Waals surface area contributed by atoms with E-state index in [1.807, 2.05) is 24.3 Å². The molecule has 2 atom stereocenters. The molecule has 7 nitrogen and oxygen atoms in total. The fraction of sp³-hybridized carbons (Fsp3) is 0.364. The second-order valence-corrected chi connectivity index (χ2v) is 6.40. The zero-order valence-electron chi connectivity index (χ0n) is 17.0. The number of carbonyl (C=O) groups excluding carboxylic acids is 1. The van der Waals surface area contributed by atoms with Crippen LogP contribution in [0.15, 0.2) is 42.5 Å². The highest BCUT2D eigenvalue weighted by atomic mass is 16.5. The van der Waals surface area contributed by atoms with Crippen molar-refractivity contribution in [2.75, 3.05) is 20.8 Å². The molecule has 2 unspecified atom stereocenters. The number of ether oxygens (including phenoxy) is 4. The Labute approximate surface area is 170 Å². The minimum absolute atomic E-state index is 0.122. The third kappa shape index (κ3) is 5.63. The minimum atomic E-state index is -1.30. The summed E-state index contributed by atoms with van der Waals surface area (Å²) in [5.41, 5.74) is 1.60. The van der Waals surface area contributed by atoms with Gasteiger partial charge in [0.05, 0.1) is 20.8 Å². The van der Waals surface area contributed by atoms with Gasteiger partial charge in [0.2, 0.25) is 0 Å². The van der Waals surface area contributed by atoms with Crippen molar-refractivity contribution in [3.05, 3.63) is 53.6 Å². The van der Waals surface area contributed by atoms with Crippen LogP contribution >= 0.6 is 0 Å². The van der Waals surface area contributed by atoms with Gasteiger partial charge in [-0.2, -0.15) is 0 Å². The molecule has 2 aromatic carbocycles. The summed E-state index contributed by atoms with van der Waals surface area (Å²) in [6.45, 7) is 3.76. The number of carboxylic acids is 1. The molecule has 0 amide bonds. The number of aliphatic carboxylic acids is 1. The molecular weight excluding hydrogens is 376 g/mol. The van der Waals surface area contributed by atoms with Gasteiger partial charge in [0.1, 0.15) is 12.4 Å². The van der Waals surface area contributed by atoms with Gasteiger partial charge < -0.3 is 24.1 Å². The molecule has 2 rings (SSSR count). The van der Waals surface area contributed by atoms with E-state index >= 15 is 0 Å². The highest BCUT2D eigenvalue weighted by Crippen LogP contribution is 2.34. The molecule has 0 aliphatic heterocycles. The van der Waals surface area contributed by atoms with Crippen LogP contribution < -0.4 is 14.2 Å². The molecule has 156 valence electrons. The summed E-state index contributed by atoms with van der Waals surface area (Å²) >= 11 is 0. The maximum atomic E-state index is 12.1. The molecule has 7 heteroatoms. The molecule has 0 radical (unpaired) electrons. The predicted molar refractivity (Wildman–Crippen MR) is 106 cm³/mol. The van der Waals surface area contributed by atoms with Crippen molar-refractivity contribution in [3.63, 3.8) is 0 Å². The van der Waals surface area contributed by atoms with Gasteiger partial charge in [-0.15, -0.1) is 0 Å². The summed E-state index contributed by atoms with van der Waals surface area (Å²) in [6, 6.07) is 12.6. The van der Waals surface area contributed by atoms with E-state index < -0.39 is 23.8 Å². The van der Waals surface area contributed by atoms with Crippen molar-refractivity contribution in [3.8, 4) is 17.2 Å². The van der Waals surface area contributed by atoms with Gasteiger partial charge in [0.25, 0.3) is 0 Å².